The van der Waals surface area contributed by atoms with Crippen molar-refractivity contribution in [2.45, 2.75) is 57.9 Å². The Morgan fingerprint density at radius 3 is 2.76 bits per heavy atom. The van der Waals surface area contributed by atoms with E-state index in [-0.39, 0.29) is 23.8 Å². The highest BCUT2D eigenvalue weighted by atomic mass is 19.3. The minimum Gasteiger partial charge on any atom is -0.394 e. The second-order valence-corrected chi connectivity index (χ2v) is 8.93. The number of fused-ring (bicyclic) bond motifs is 3. The molecule has 0 radical (unpaired) electrons. The van der Waals surface area contributed by atoms with E-state index in [0.717, 1.165) is 0 Å². The van der Waals surface area contributed by atoms with E-state index in [2.05, 4.69) is 20.4 Å². The van der Waals surface area contributed by atoms with E-state index in [9.17, 15) is 9.90 Å². The van der Waals surface area contributed by atoms with Crippen LogP contribution in [0.25, 0.3) is 5.82 Å². The lowest BCUT2D eigenvalue weighted by atomic mass is 9.87. The summed E-state index contributed by atoms with van der Waals surface area (Å²) in [6.45, 7) is 5.27. The zero-order valence-corrected chi connectivity index (χ0v) is 16.7. The predicted molar refractivity (Wildman–Crippen MR) is 101 cm³/mol. The van der Waals surface area contributed by atoms with Crippen LogP contribution in [0.3, 0.4) is 0 Å². The molecule has 2 aromatic heterocycles. The molecule has 2 unspecified atom stereocenters. The van der Waals surface area contributed by atoms with Crippen LogP contribution in [0, 0.1) is 11.3 Å². The predicted octanol–water partition coefficient (Wildman–Crippen LogP) is 2.79. The first-order valence-corrected chi connectivity index (χ1v) is 9.85. The number of aliphatic hydroxyl groups excluding tert-OH is 1. The van der Waals surface area contributed by atoms with Gasteiger partial charge in [0.05, 0.1) is 30.1 Å². The number of carbonyl (C=O) groups is 1. The Morgan fingerprint density at radius 2 is 2.14 bits per heavy atom. The Morgan fingerprint density at radius 1 is 1.38 bits per heavy atom. The third kappa shape index (κ3) is 3.11. The number of hydrogen-bond donors (Lipinski definition) is 2. The number of hydrogen-bond acceptors (Lipinski definition) is 5. The number of alkyl halides is 2. The van der Waals surface area contributed by atoms with Crippen molar-refractivity contribution in [2.75, 3.05) is 6.61 Å². The molecule has 0 saturated heterocycles. The number of nitrogens with zero attached hydrogens (tertiary/aromatic N) is 4. The molecule has 0 aromatic carbocycles. The summed E-state index contributed by atoms with van der Waals surface area (Å²) in [6.07, 6.45) is 6.15. The summed E-state index contributed by atoms with van der Waals surface area (Å²) in [4.78, 5) is 21.2. The van der Waals surface area contributed by atoms with Crippen LogP contribution in [0.4, 0.5) is 8.78 Å². The van der Waals surface area contributed by atoms with Gasteiger partial charge in [-0.25, -0.2) is 18.4 Å². The Labute approximate surface area is 167 Å². The molecule has 0 spiro atoms. The highest BCUT2D eigenvalue weighted by Crippen LogP contribution is 2.60. The summed E-state index contributed by atoms with van der Waals surface area (Å²) >= 11 is 0. The van der Waals surface area contributed by atoms with E-state index < -0.39 is 29.2 Å². The first-order valence-electron chi connectivity index (χ1n) is 9.85. The zero-order chi connectivity index (χ0) is 21.0. The SMILES string of the molecule is CC(C)(C)[C@@H](CO)NC(=O)c1nn(-c2cnccn2)c2c1C(F)(F)C1CCCC21. The standard InChI is InChI=1S/C20H25F2N5O2/c1-19(2,3)13(10-28)25-18(29)16-15-17(11-5-4-6-12(11)20(15,21)22)27(26-16)14-9-23-7-8-24-14/h7-9,11-13,28H,4-6,10H2,1-3H3,(H,25,29)/t11?,12?,13-/m1/s1. The summed E-state index contributed by atoms with van der Waals surface area (Å²) in [7, 11) is 0. The average Bonchev–Trinajstić information content (AvgIpc) is 3.34. The van der Waals surface area contributed by atoms with Crippen LogP contribution in [0.5, 0.6) is 0 Å². The molecule has 0 bridgehead atoms. The number of nitrogens with one attached hydrogen (secondary N) is 1. The lowest BCUT2D eigenvalue weighted by Crippen LogP contribution is -2.46. The normalized spacial score (nSPS) is 23.5. The van der Waals surface area contributed by atoms with Crippen molar-refractivity contribution in [3.05, 3.63) is 35.5 Å². The van der Waals surface area contributed by atoms with Crippen LogP contribution in [0.15, 0.2) is 18.6 Å². The van der Waals surface area contributed by atoms with Crippen molar-refractivity contribution >= 4 is 5.91 Å². The van der Waals surface area contributed by atoms with Gasteiger partial charge in [-0.05, 0) is 18.3 Å². The van der Waals surface area contributed by atoms with Crippen molar-refractivity contribution in [3.63, 3.8) is 0 Å². The number of halogens is 2. The molecule has 1 saturated carbocycles. The minimum atomic E-state index is -3.14. The largest absolute Gasteiger partial charge is 0.394 e. The zero-order valence-electron chi connectivity index (χ0n) is 16.7. The van der Waals surface area contributed by atoms with Gasteiger partial charge in [-0.15, -0.1) is 0 Å². The molecule has 29 heavy (non-hydrogen) atoms. The number of amides is 1. The van der Waals surface area contributed by atoms with Crippen LogP contribution in [-0.2, 0) is 5.92 Å². The van der Waals surface area contributed by atoms with Crippen molar-refractivity contribution in [3.8, 4) is 5.82 Å². The quantitative estimate of drug-likeness (QED) is 0.816. The van der Waals surface area contributed by atoms with Gasteiger partial charge in [0.15, 0.2) is 11.5 Å². The molecule has 7 nitrogen and oxygen atoms in total. The van der Waals surface area contributed by atoms with E-state index in [0.29, 0.717) is 30.8 Å². The third-order valence-corrected chi connectivity index (χ3v) is 6.10. The number of carbonyl (C=O) groups excluding carboxylic acids is 1. The maximum atomic E-state index is 15.4. The summed E-state index contributed by atoms with van der Waals surface area (Å²) in [5.41, 5.74) is -0.687. The summed E-state index contributed by atoms with van der Waals surface area (Å²) in [6, 6.07) is -0.596. The van der Waals surface area contributed by atoms with E-state index in [1.165, 1.54) is 23.3 Å². The third-order valence-electron chi connectivity index (χ3n) is 6.10. The van der Waals surface area contributed by atoms with Gasteiger partial charge in [-0.1, -0.05) is 27.2 Å². The van der Waals surface area contributed by atoms with E-state index >= 15 is 8.78 Å². The van der Waals surface area contributed by atoms with E-state index in [4.69, 9.17) is 0 Å². The van der Waals surface area contributed by atoms with Crippen LogP contribution in [0.2, 0.25) is 0 Å². The highest BCUT2D eigenvalue weighted by Gasteiger charge is 2.60. The molecule has 3 atom stereocenters. The first-order chi connectivity index (χ1) is 13.7. The van der Waals surface area contributed by atoms with Gasteiger partial charge in [0.2, 0.25) is 0 Å². The smallest absolute Gasteiger partial charge is 0.280 e. The van der Waals surface area contributed by atoms with Crippen molar-refractivity contribution < 1.29 is 18.7 Å². The van der Waals surface area contributed by atoms with E-state index in [1.54, 1.807) is 0 Å². The topological polar surface area (TPSA) is 92.9 Å². The Hall–Kier alpha value is -2.42. The van der Waals surface area contributed by atoms with Gasteiger partial charge in [0, 0.05) is 24.2 Å². The highest BCUT2D eigenvalue weighted by molar-refractivity contribution is 5.95. The van der Waals surface area contributed by atoms with Crippen LogP contribution in [0.1, 0.15) is 67.7 Å². The lowest BCUT2D eigenvalue weighted by Gasteiger charge is -2.29. The summed E-state index contributed by atoms with van der Waals surface area (Å²) < 4.78 is 32.1. The monoisotopic (exact) mass is 405 g/mol. The molecule has 4 rings (SSSR count). The average molecular weight is 405 g/mol. The molecule has 1 fully saturated rings. The molecule has 2 N–H and O–H groups in total. The second kappa shape index (κ2) is 6.83. The fraction of sp³-hybridized carbons (Fsp3) is 0.600. The molecule has 2 aliphatic rings. The van der Waals surface area contributed by atoms with E-state index in [1.807, 2.05) is 20.8 Å². The van der Waals surface area contributed by atoms with Crippen LogP contribution in [-0.4, -0.2) is 43.4 Å². The fourth-order valence-electron chi connectivity index (χ4n) is 4.51. The molecule has 156 valence electrons. The van der Waals surface area contributed by atoms with Gasteiger partial charge in [-0.3, -0.25) is 9.78 Å². The maximum absolute atomic E-state index is 15.4. The maximum Gasteiger partial charge on any atom is 0.280 e. The molecule has 1 amide bonds. The minimum absolute atomic E-state index is 0.298. The first kappa shape index (κ1) is 19.9. The molecular weight excluding hydrogens is 380 g/mol. The number of aromatic nitrogens is 4. The molecule has 2 aromatic rings. The van der Waals surface area contributed by atoms with Gasteiger partial charge in [0.25, 0.3) is 11.8 Å². The molecule has 2 aliphatic carbocycles. The van der Waals surface area contributed by atoms with Crippen molar-refractivity contribution in [2.24, 2.45) is 11.3 Å². The fourth-order valence-corrected chi connectivity index (χ4v) is 4.51. The molecule has 9 heteroatoms. The Kier molecular flexibility index (Phi) is 4.68. The van der Waals surface area contributed by atoms with Crippen LogP contribution >= 0.6 is 0 Å². The molecule has 2 heterocycles. The van der Waals surface area contributed by atoms with Crippen molar-refractivity contribution in [1.82, 2.24) is 25.1 Å². The Bertz CT molecular complexity index is 923. The summed E-state index contributed by atoms with van der Waals surface area (Å²) in [5.74, 6) is -4.74. The van der Waals surface area contributed by atoms with Gasteiger partial charge in [-0.2, -0.15) is 5.10 Å². The van der Waals surface area contributed by atoms with Gasteiger partial charge in [0.1, 0.15) is 0 Å². The Balaban J connectivity index is 1.83. The lowest BCUT2D eigenvalue weighted by molar-refractivity contribution is -0.0553. The molecular formula is C20H25F2N5O2. The number of aliphatic hydroxyl groups is 1. The molecule has 0 aliphatic heterocycles. The van der Waals surface area contributed by atoms with Gasteiger partial charge >= 0.3 is 0 Å². The van der Waals surface area contributed by atoms with Crippen molar-refractivity contribution in [1.29, 1.82) is 0 Å². The summed E-state index contributed by atoms with van der Waals surface area (Å²) in [5, 5.41) is 16.6. The van der Waals surface area contributed by atoms with Crippen LogP contribution < -0.4 is 5.32 Å². The number of rotatable bonds is 4. The van der Waals surface area contributed by atoms with Gasteiger partial charge < -0.3 is 10.4 Å². The second-order valence-electron chi connectivity index (χ2n) is 8.93.